The van der Waals surface area contributed by atoms with Gasteiger partial charge < -0.3 is 14.8 Å². The summed E-state index contributed by atoms with van der Waals surface area (Å²) in [5, 5.41) is 2.68. The first-order chi connectivity index (χ1) is 12.0. The molecule has 0 heterocycles. The lowest BCUT2D eigenvalue weighted by atomic mass is 10.2. The van der Waals surface area contributed by atoms with Gasteiger partial charge in [0.15, 0.2) is 17.7 Å². The zero-order chi connectivity index (χ0) is 18.2. The maximum atomic E-state index is 13.7. The number of hydrogen-bond donors (Lipinski definition) is 1. The van der Waals surface area contributed by atoms with Gasteiger partial charge in [0, 0.05) is 5.69 Å². The first-order valence-electron chi connectivity index (χ1n) is 8.04. The van der Waals surface area contributed by atoms with Crippen LogP contribution in [0.2, 0.25) is 0 Å². The third-order valence-corrected chi connectivity index (χ3v) is 3.41. The summed E-state index contributed by atoms with van der Waals surface area (Å²) < 4.78 is 24.1. The van der Waals surface area contributed by atoms with E-state index in [1.165, 1.54) is 18.2 Å². The Balaban J connectivity index is 2.08. The second kappa shape index (κ2) is 8.82. The Morgan fingerprint density at radius 1 is 1.12 bits per heavy atom. The van der Waals surface area contributed by atoms with Crippen molar-refractivity contribution in [1.29, 1.82) is 0 Å². The van der Waals surface area contributed by atoms with Crippen LogP contribution in [0, 0.1) is 5.82 Å². The molecule has 132 valence electrons. The summed E-state index contributed by atoms with van der Waals surface area (Å²) in [6, 6.07) is 12.3. The molecule has 1 amide bonds. The summed E-state index contributed by atoms with van der Waals surface area (Å²) in [6.45, 7) is 3.75. The minimum absolute atomic E-state index is 0.0183. The highest BCUT2D eigenvalue weighted by Crippen LogP contribution is 2.19. The molecule has 1 atom stereocenters. The van der Waals surface area contributed by atoms with E-state index in [-0.39, 0.29) is 12.4 Å². The number of para-hydroxylation sites is 1. The number of hydrogen-bond acceptors (Lipinski definition) is 4. The minimum atomic E-state index is -0.858. The van der Waals surface area contributed by atoms with Crippen molar-refractivity contribution in [3.63, 3.8) is 0 Å². The van der Waals surface area contributed by atoms with Gasteiger partial charge >= 0.3 is 5.97 Å². The van der Waals surface area contributed by atoms with Gasteiger partial charge in [0.1, 0.15) is 0 Å². The molecule has 0 aromatic heterocycles. The van der Waals surface area contributed by atoms with Crippen molar-refractivity contribution >= 4 is 17.6 Å². The van der Waals surface area contributed by atoms with Gasteiger partial charge in [-0.3, -0.25) is 4.79 Å². The monoisotopic (exact) mass is 345 g/mol. The molecule has 0 radical (unpaired) electrons. The fourth-order valence-electron chi connectivity index (χ4n) is 2.18. The lowest BCUT2D eigenvalue weighted by molar-refractivity contribution is -0.122. The topological polar surface area (TPSA) is 64.6 Å². The molecule has 0 unspecified atom stereocenters. The maximum absolute atomic E-state index is 13.7. The van der Waals surface area contributed by atoms with Crippen molar-refractivity contribution in [1.82, 2.24) is 0 Å². The molecule has 2 rings (SSSR count). The van der Waals surface area contributed by atoms with E-state index in [1.54, 1.807) is 44.2 Å². The van der Waals surface area contributed by atoms with E-state index in [2.05, 4.69) is 5.32 Å². The number of nitrogens with one attached hydrogen (secondary N) is 1. The maximum Gasteiger partial charge on any atom is 0.338 e. The lowest BCUT2D eigenvalue weighted by Crippen LogP contribution is -2.32. The molecule has 25 heavy (non-hydrogen) atoms. The van der Waals surface area contributed by atoms with Gasteiger partial charge in [-0.15, -0.1) is 0 Å². The molecule has 6 heteroatoms. The summed E-state index contributed by atoms with van der Waals surface area (Å²) in [4.78, 5) is 24.1. The molecule has 0 aliphatic carbocycles. The van der Waals surface area contributed by atoms with E-state index >= 15 is 0 Å². The molecule has 1 N–H and O–H groups in total. The van der Waals surface area contributed by atoms with E-state index in [4.69, 9.17) is 9.47 Å². The van der Waals surface area contributed by atoms with Crippen molar-refractivity contribution in [2.45, 2.75) is 26.4 Å². The molecule has 0 spiro atoms. The number of rotatable bonds is 7. The van der Waals surface area contributed by atoms with Crippen molar-refractivity contribution in [3.05, 3.63) is 59.9 Å². The van der Waals surface area contributed by atoms with E-state index in [0.29, 0.717) is 17.7 Å². The molecule has 0 bridgehead atoms. The summed E-state index contributed by atoms with van der Waals surface area (Å²) >= 11 is 0. The molecule has 5 nitrogen and oxygen atoms in total. The number of anilines is 1. The third-order valence-electron chi connectivity index (χ3n) is 3.41. The van der Waals surface area contributed by atoms with Gasteiger partial charge in [-0.1, -0.05) is 25.1 Å². The van der Waals surface area contributed by atoms with Gasteiger partial charge in [-0.05, 0) is 43.7 Å². The molecule has 0 saturated carbocycles. The number of carbonyl (C=O) groups is 2. The Kier molecular flexibility index (Phi) is 6.51. The molecule has 0 aliphatic heterocycles. The largest absolute Gasteiger partial charge is 0.478 e. The molecular weight excluding hydrogens is 325 g/mol. The van der Waals surface area contributed by atoms with E-state index in [0.717, 1.165) is 0 Å². The second-order valence-corrected chi connectivity index (χ2v) is 5.24. The summed E-state index contributed by atoms with van der Waals surface area (Å²) in [5.41, 5.74) is 0.772. The summed E-state index contributed by atoms with van der Waals surface area (Å²) in [5.74, 6) is -1.40. The first-order valence-corrected chi connectivity index (χ1v) is 8.04. The highest BCUT2D eigenvalue weighted by Gasteiger charge is 2.20. The van der Waals surface area contributed by atoms with Gasteiger partial charge in [-0.25, -0.2) is 9.18 Å². The number of amides is 1. The van der Waals surface area contributed by atoms with Crippen LogP contribution in [0.3, 0.4) is 0 Å². The fraction of sp³-hybridized carbons (Fsp3) is 0.263. The second-order valence-electron chi connectivity index (χ2n) is 5.24. The van der Waals surface area contributed by atoms with Crippen LogP contribution in [0.1, 0.15) is 30.6 Å². The van der Waals surface area contributed by atoms with Crippen molar-refractivity contribution in [2.75, 3.05) is 11.9 Å². The summed E-state index contributed by atoms with van der Waals surface area (Å²) in [6.07, 6.45) is -0.499. The zero-order valence-corrected chi connectivity index (χ0v) is 14.1. The van der Waals surface area contributed by atoms with E-state index < -0.39 is 23.8 Å². The number of halogens is 1. The van der Waals surface area contributed by atoms with Crippen LogP contribution in [0.5, 0.6) is 5.75 Å². The van der Waals surface area contributed by atoms with Gasteiger partial charge in [0.2, 0.25) is 0 Å². The smallest absolute Gasteiger partial charge is 0.338 e. The number of esters is 1. The van der Waals surface area contributed by atoms with Crippen LogP contribution in [0.25, 0.3) is 0 Å². The van der Waals surface area contributed by atoms with Gasteiger partial charge in [0.05, 0.1) is 12.2 Å². The molecule has 0 saturated heterocycles. The van der Waals surface area contributed by atoms with Crippen molar-refractivity contribution in [3.8, 4) is 5.75 Å². The predicted octanol–water partition coefficient (Wildman–Crippen LogP) is 3.80. The normalized spacial score (nSPS) is 11.5. The van der Waals surface area contributed by atoms with Crippen molar-refractivity contribution < 1.29 is 23.5 Å². The van der Waals surface area contributed by atoms with Gasteiger partial charge in [0.25, 0.3) is 5.91 Å². The number of carbonyl (C=O) groups excluding carboxylic acids is 2. The zero-order valence-electron chi connectivity index (χ0n) is 14.1. The minimum Gasteiger partial charge on any atom is -0.478 e. The molecule has 0 fully saturated rings. The molecular formula is C19H20FNO4. The first kappa shape index (κ1) is 18.4. The Morgan fingerprint density at radius 2 is 1.88 bits per heavy atom. The summed E-state index contributed by atoms with van der Waals surface area (Å²) in [7, 11) is 0. The average Bonchev–Trinajstić information content (AvgIpc) is 2.61. The fourth-order valence-corrected chi connectivity index (χ4v) is 2.18. The Morgan fingerprint density at radius 3 is 2.56 bits per heavy atom. The van der Waals surface area contributed by atoms with E-state index in [1.807, 2.05) is 0 Å². The molecule has 0 aliphatic rings. The van der Waals surface area contributed by atoms with E-state index in [9.17, 15) is 14.0 Å². The Hall–Kier alpha value is -2.89. The van der Waals surface area contributed by atoms with Crippen LogP contribution in [0.15, 0.2) is 48.5 Å². The van der Waals surface area contributed by atoms with Gasteiger partial charge in [-0.2, -0.15) is 0 Å². The van der Waals surface area contributed by atoms with Crippen molar-refractivity contribution in [2.24, 2.45) is 0 Å². The average molecular weight is 345 g/mol. The highest BCUT2D eigenvalue weighted by atomic mass is 19.1. The van der Waals surface area contributed by atoms with Crippen LogP contribution < -0.4 is 10.1 Å². The number of benzene rings is 2. The predicted molar refractivity (Wildman–Crippen MR) is 92.1 cm³/mol. The quantitative estimate of drug-likeness (QED) is 0.775. The van der Waals surface area contributed by atoms with Crippen LogP contribution in [-0.4, -0.2) is 24.6 Å². The van der Waals surface area contributed by atoms with Crippen LogP contribution >= 0.6 is 0 Å². The molecule has 2 aromatic rings. The van der Waals surface area contributed by atoms with Crippen LogP contribution in [0.4, 0.5) is 10.1 Å². The van der Waals surface area contributed by atoms with Crippen LogP contribution in [-0.2, 0) is 9.53 Å². The third kappa shape index (κ3) is 5.04. The Labute approximate surface area is 145 Å². The molecule has 2 aromatic carbocycles. The lowest BCUT2D eigenvalue weighted by Gasteiger charge is -2.17. The Bertz CT molecular complexity index is 748. The standard InChI is InChI=1S/C19H20FNO4/c1-3-16(25-17-11-6-5-10-15(17)20)18(22)21-14-9-7-8-13(12-14)19(23)24-4-2/h5-12,16H,3-4H2,1-2H3,(H,21,22)/t16-/m1/s1. The SMILES string of the molecule is CCOC(=O)c1cccc(NC(=O)[C@@H](CC)Oc2ccccc2F)c1. The number of ether oxygens (including phenoxy) is 2. The highest BCUT2D eigenvalue weighted by molar-refractivity contribution is 5.96.